The van der Waals surface area contributed by atoms with E-state index in [1.165, 1.54) is 0 Å². The standard InChI is InChI=1S/C12H23NO4/c1-2-6-15-10-12-17-8-4-13-3-7-16-11-9-14-5-1/h1-2,13H,3-12H2. The van der Waals surface area contributed by atoms with Gasteiger partial charge in [0, 0.05) is 13.1 Å². The Hall–Kier alpha value is -0.460. The molecule has 0 spiro atoms. The second-order valence-corrected chi connectivity index (χ2v) is 3.60. The first-order valence-corrected chi connectivity index (χ1v) is 6.17. The third-order valence-corrected chi connectivity index (χ3v) is 2.19. The van der Waals surface area contributed by atoms with Crippen molar-refractivity contribution in [3.05, 3.63) is 12.2 Å². The van der Waals surface area contributed by atoms with E-state index in [1.54, 1.807) is 0 Å². The van der Waals surface area contributed by atoms with Gasteiger partial charge in [-0.3, -0.25) is 0 Å². The summed E-state index contributed by atoms with van der Waals surface area (Å²) in [6, 6.07) is 0. The van der Waals surface area contributed by atoms with Crippen molar-refractivity contribution in [3.63, 3.8) is 0 Å². The molecule has 1 heterocycles. The maximum atomic E-state index is 5.38. The van der Waals surface area contributed by atoms with E-state index in [-0.39, 0.29) is 0 Å². The van der Waals surface area contributed by atoms with E-state index in [1.807, 2.05) is 12.2 Å². The van der Waals surface area contributed by atoms with Gasteiger partial charge in [0.15, 0.2) is 0 Å². The molecule has 0 aliphatic carbocycles. The molecule has 0 radical (unpaired) electrons. The second kappa shape index (κ2) is 12.0. The van der Waals surface area contributed by atoms with Gasteiger partial charge in [0.2, 0.25) is 0 Å². The Labute approximate surface area is 103 Å². The van der Waals surface area contributed by atoms with E-state index >= 15 is 0 Å². The van der Waals surface area contributed by atoms with E-state index in [2.05, 4.69) is 5.32 Å². The summed E-state index contributed by atoms with van der Waals surface area (Å²) in [5.41, 5.74) is 0. The molecule has 5 nitrogen and oxygen atoms in total. The number of hydrogen-bond donors (Lipinski definition) is 1. The van der Waals surface area contributed by atoms with Crippen molar-refractivity contribution in [2.24, 2.45) is 0 Å². The third kappa shape index (κ3) is 10.4. The van der Waals surface area contributed by atoms with Crippen LogP contribution < -0.4 is 5.32 Å². The van der Waals surface area contributed by atoms with Gasteiger partial charge in [-0.25, -0.2) is 0 Å². The minimum atomic E-state index is 0.613. The lowest BCUT2D eigenvalue weighted by atomic mass is 10.5. The molecule has 0 aromatic carbocycles. The van der Waals surface area contributed by atoms with Crippen molar-refractivity contribution in [3.8, 4) is 0 Å². The zero-order valence-corrected chi connectivity index (χ0v) is 10.4. The molecule has 0 fully saturated rings. The lowest BCUT2D eigenvalue weighted by molar-refractivity contribution is 0.0554. The topological polar surface area (TPSA) is 49.0 Å². The number of nitrogens with one attached hydrogen (secondary N) is 1. The number of hydrogen-bond acceptors (Lipinski definition) is 5. The maximum Gasteiger partial charge on any atom is 0.0704 e. The van der Waals surface area contributed by atoms with E-state index in [0.717, 1.165) is 13.1 Å². The molecule has 17 heavy (non-hydrogen) atoms. The van der Waals surface area contributed by atoms with Crippen LogP contribution in [0.25, 0.3) is 0 Å². The molecule has 0 unspecified atom stereocenters. The first kappa shape index (κ1) is 14.6. The highest BCUT2D eigenvalue weighted by atomic mass is 16.5. The Kier molecular flexibility index (Phi) is 10.3. The summed E-state index contributed by atoms with van der Waals surface area (Å²) in [4.78, 5) is 0. The SMILES string of the molecule is C1=CCOCCOCCNCCOCCOC1. The fraction of sp³-hybridized carbons (Fsp3) is 0.833. The van der Waals surface area contributed by atoms with Crippen LogP contribution in [0.4, 0.5) is 0 Å². The zero-order chi connectivity index (χ0) is 12.0. The van der Waals surface area contributed by atoms with Crippen LogP contribution in [0.5, 0.6) is 0 Å². The molecule has 0 amide bonds. The van der Waals surface area contributed by atoms with Gasteiger partial charge >= 0.3 is 0 Å². The van der Waals surface area contributed by atoms with Crippen LogP contribution >= 0.6 is 0 Å². The molecule has 0 aromatic rings. The Balaban J connectivity index is 2.07. The fourth-order valence-corrected chi connectivity index (χ4v) is 1.29. The highest BCUT2D eigenvalue weighted by Crippen LogP contribution is 1.84. The molecule has 0 atom stereocenters. The van der Waals surface area contributed by atoms with Crippen molar-refractivity contribution in [1.82, 2.24) is 5.32 Å². The van der Waals surface area contributed by atoms with Crippen LogP contribution in [-0.4, -0.2) is 65.9 Å². The molecule has 0 saturated carbocycles. The summed E-state index contributed by atoms with van der Waals surface area (Å²) < 4.78 is 21.5. The largest absolute Gasteiger partial charge is 0.378 e. The van der Waals surface area contributed by atoms with Crippen LogP contribution in [0.3, 0.4) is 0 Å². The Morgan fingerprint density at radius 1 is 0.588 bits per heavy atom. The van der Waals surface area contributed by atoms with Gasteiger partial charge < -0.3 is 24.3 Å². The minimum Gasteiger partial charge on any atom is -0.378 e. The number of ether oxygens (including phenoxy) is 4. The first-order chi connectivity index (χ1) is 8.50. The molecule has 0 saturated heterocycles. The molecule has 1 aliphatic heterocycles. The van der Waals surface area contributed by atoms with Gasteiger partial charge in [-0.1, -0.05) is 12.2 Å². The van der Waals surface area contributed by atoms with Crippen LogP contribution in [0.1, 0.15) is 0 Å². The second-order valence-electron chi connectivity index (χ2n) is 3.60. The molecule has 5 heteroatoms. The van der Waals surface area contributed by atoms with Crippen LogP contribution in [-0.2, 0) is 18.9 Å². The normalized spacial score (nSPS) is 23.1. The van der Waals surface area contributed by atoms with Crippen LogP contribution in [0.2, 0.25) is 0 Å². The monoisotopic (exact) mass is 245 g/mol. The van der Waals surface area contributed by atoms with Crippen LogP contribution in [0, 0.1) is 0 Å². The van der Waals surface area contributed by atoms with Crippen molar-refractivity contribution >= 4 is 0 Å². The van der Waals surface area contributed by atoms with Crippen LogP contribution in [0.15, 0.2) is 12.2 Å². The molecule has 0 aromatic heterocycles. The summed E-state index contributed by atoms with van der Waals surface area (Å²) in [5.74, 6) is 0. The molecule has 1 aliphatic rings. The average Bonchev–Trinajstić information content (AvgIpc) is 2.35. The average molecular weight is 245 g/mol. The quantitative estimate of drug-likeness (QED) is 0.618. The predicted molar refractivity (Wildman–Crippen MR) is 65.3 cm³/mol. The fourth-order valence-electron chi connectivity index (χ4n) is 1.29. The molecule has 100 valence electrons. The third-order valence-electron chi connectivity index (χ3n) is 2.19. The van der Waals surface area contributed by atoms with Crippen molar-refractivity contribution in [1.29, 1.82) is 0 Å². The number of rotatable bonds is 0. The van der Waals surface area contributed by atoms with Crippen molar-refractivity contribution in [2.75, 3.05) is 65.9 Å². The summed E-state index contributed by atoms with van der Waals surface area (Å²) >= 11 is 0. The highest BCUT2D eigenvalue weighted by molar-refractivity contribution is 4.81. The molecule has 1 N–H and O–H groups in total. The Morgan fingerprint density at radius 3 is 1.59 bits per heavy atom. The maximum absolute atomic E-state index is 5.38. The van der Waals surface area contributed by atoms with Gasteiger partial charge in [-0.15, -0.1) is 0 Å². The zero-order valence-electron chi connectivity index (χ0n) is 10.4. The lowest BCUT2D eigenvalue weighted by Gasteiger charge is -2.06. The van der Waals surface area contributed by atoms with E-state index < -0.39 is 0 Å². The minimum absolute atomic E-state index is 0.613. The highest BCUT2D eigenvalue weighted by Gasteiger charge is 1.92. The van der Waals surface area contributed by atoms with Gasteiger partial charge in [0.1, 0.15) is 0 Å². The van der Waals surface area contributed by atoms with Gasteiger partial charge in [-0.05, 0) is 0 Å². The predicted octanol–water partition coefficient (Wildman–Crippen LogP) is 0.212. The lowest BCUT2D eigenvalue weighted by Crippen LogP contribution is -2.25. The summed E-state index contributed by atoms with van der Waals surface area (Å²) in [7, 11) is 0. The van der Waals surface area contributed by atoms with E-state index in [0.29, 0.717) is 52.9 Å². The molecular formula is C12H23NO4. The van der Waals surface area contributed by atoms with Crippen molar-refractivity contribution in [2.45, 2.75) is 0 Å². The summed E-state index contributed by atoms with van der Waals surface area (Å²) in [5, 5.41) is 3.24. The van der Waals surface area contributed by atoms with E-state index in [4.69, 9.17) is 18.9 Å². The smallest absolute Gasteiger partial charge is 0.0704 e. The van der Waals surface area contributed by atoms with E-state index in [9.17, 15) is 0 Å². The summed E-state index contributed by atoms with van der Waals surface area (Å²) in [6.07, 6.45) is 3.92. The molecule has 1 rings (SSSR count). The Bertz CT molecular complexity index is 169. The van der Waals surface area contributed by atoms with Crippen molar-refractivity contribution < 1.29 is 18.9 Å². The Morgan fingerprint density at radius 2 is 1.06 bits per heavy atom. The first-order valence-electron chi connectivity index (χ1n) is 6.17. The van der Waals surface area contributed by atoms with Gasteiger partial charge in [0.25, 0.3) is 0 Å². The summed E-state index contributed by atoms with van der Waals surface area (Å²) in [6.45, 7) is 6.89. The van der Waals surface area contributed by atoms with Gasteiger partial charge in [0.05, 0.1) is 52.9 Å². The molecular weight excluding hydrogens is 222 g/mol. The molecule has 0 bridgehead atoms. The van der Waals surface area contributed by atoms with Gasteiger partial charge in [-0.2, -0.15) is 0 Å².